The Morgan fingerprint density at radius 1 is 1.46 bits per heavy atom. The van der Waals surface area contributed by atoms with Gasteiger partial charge >= 0.3 is 0 Å². The van der Waals surface area contributed by atoms with Gasteiger partial charge in [-0.3, -0.25) is 9.12 Å². The zero-order chi connectivity index (χ0) is 10.5. The molecule has 0 spiro atoms. The van der Waals surface area contributed by atoms with Gasteiger partial charge in [-0.1, -0.05) is 0 Å². The fourth-order valence-corrected chi connectivity index (χ4v) is 4.32. The SMILES string of the molecule is CCOP(=O)(COC)CS(=O)(=O)O. The average molecular weight is 232 g/mol. The molecule has 13 heavy (non-hydrogen) atoms. The van der Waals surface area contributed by atoms with Crippen molar-refractivity contribution in [3.8, 4) is 0 Å². The van der Waals surface area contributed by atoms with Crippen molar-refractivity contribution in [1.29, 1.82) is 0 Å². The number of hydrogen-bond donors (Lipinski definition) is 1. The Hall–Kier alpha value is 0.0600. The summed E-state index contributed by atoms with van der Waals surface area (Å²) in [5.74, 6) is 0. The van der Waals surface area contributed by atoms with Crippen LogP contribution in [0.25, 0.3) is 0 Å². The molecule has 0 rings (SSSR count). The Morgan fingerprint density at radius 3 is 2.31 bits per heavy atom. The Balaban J connectivity index is 4.51. The predicted molar refractivity (Wildman–Crippen MR) is 47.5 cm³/mol. The van der Waals surface area contributed by atoms with Crippen LogP contribution >= 0.6 is 7.37 Å². The van der Waals surface area contributed by atoms with E-state index in [2.05, 4.69) is 4.74 Å². The van der Waals surface area contributed by atoms with E-state index in [1.54, 1.807) is 6.92 Å². The van der Waals surface area contributed by atoms with Crippen molar-refractivity contribution in [2.45, 2.75) is 6.92 Å². The van der Waals surface area contributed by atoms with Gasteiger partial charge in [-0.25, -0.2) is 0 Å². The van der Waals surface area contributed by atoms with E-state index in [9.17, 15) is 13.0 Å². The van der Waals surface area contributed by atoms with E-state index in [0.717, 1.165) is 0 Å². The lowest BCUT2D eigenvalue weighted by molar-refractivity contribution is 0.223. The minimum atomic E-state index is -4.29. The minimum Gasteiger partial charge on any atom is -0.375 e. The van der Waals surface area contributed by atoms with Crippen molar-refractivity contribution >= 4 is 17.5 Å². The first-order chi connectivity index (χ1) is 5.83. The smallest absolute Gasteiger partial charge is 0.274 e. The Labute approximate surface area is 77.4 Å². The molecule has 1 unspecified atom stereocenters. The van der Waals surface area contributed by atoms with Crippen LogP contribution in [0.5, 0.6) is 0 Å². The van der Waals surface area contributed by atoms with Gasteiger partial charge in [-0.05, 0) is 6.92 Å². The van der Waals surface area contributed by atoms with Crippen LogP contribution in [0.3, 0.4) is 0 Å². The molecule has 0 aromatic heterocycles. The second kappa shape index (κ2) is 5.07. The predicted octanol–water partition coefficient (Wildman–Crippen LogP) is 0.750. The van der Waals surface area contributed by atoms with Crippen molar-refractivity contribution in [2.24, 2.45) is 0 Å². The highest BCUT2D eigenvalue weighted by Crippen LogP contribution is 2.47. The molecule has 0 aliphatic carbocycles. The fraction of sp³-hybridized carbons (Fsp3) is 1.00. The lowest BCUT2D eigenvalue weighted by Crippen LogP contribution is -2.10. The largest absolute Gasteiger partial charge is 0.375 e. The summed E-state index contributed by atoms with van der Waals surface area (Å²) in [7, 11) is -6.42. The van der Waals surface area contributed by atoms with Crippen molar-refractivity contribution in [1.82, 2.24) is 0 Å². The fourth-order valence-electron chi connectivity index (χ4n) is 0.792. The first-order valence-corrected chi connectivity index (χ1v) is 7.10. The molecule has 80 valence electrons. The molecule has 6 nitrogen and oxygen atoms in total. The highest BCUT2D eigenvalue weighted by molar-refractivity contribution is 7.93. The zero-order valence-corrected chi connectivity index (χ0v) is 9.18. The molecule has 0 saturated carbocycles. The standard InChI is InChI=1S/C5H13O6PS/c1-3-11-12(6,4-10-2)5-13(7,8)9/h3-5H2,1-2H3,(H,7,8,9). The van der Waals surface area contributed by atoms with Crippen LogP contribution in [0, 0.1) is 0 Å². The molecule has 1 N–H and O–H groups in total. The summed E-state index contributed by atoms with van der Waals surface area (Å²) in [5, 5.41) is 0. The first-order valence-electron chi connectivity index (χ1n) is 3.49. The van der Waals surface area contributed by atoms with Crippen LogP contribution in [-0.4, -0.2) is 38.5 Å². The maximum atomic E-state index is 11.5. The lowest BCUT2D eigenvalue weighted by Gasteiger charge is -2.14. The van der Waals surface area contributed by atoms with Gasteiger partial charge in [0.15, 0.2) is 5.49 Å². The Kier molecular flexibility index (Phi) is 5.09. The Bertz CT molecular complexity index is 273. The molecule has 0 aliphatic rings. The van der Waals surface area contributed by atoms with Crippen LogP contribution in [0.2, 0.25) is 0 Å². The van der Waals surface area contributed by atoms with E-state index >= 15 is 0 Å². The number of rotatable bonds is 6. The van der Waals surface area contributed by atoms with Crippen LogP contribution in [-0.2, 0) is 23.9 Å². The van der Waals surface area contributed by atoms with Gasteiger partial charge in [-0.2, -0.15) is 8.42 Å². The van der Waals surface area contributed by atoms with Crippen molar-refractivity contribution < 1.29 is 26.8 Å². The molecule has 0 aliphatic heterocycles. The molecule has 1 atom stereocenters. The van der Waals surface area contributed by atoms with Crippen molar-refractivity contribution in [3.63, 3.8) is 0 Å². The quantitative estimate of drug-likeness (QED) is 0.536. The van der Waals surface area contributed by atoms with Crippen LogP contribution < -0.4 is 0 Å². The molecule has 0 heterocycles. The topological polar surface area (TPSA) is 89.9 Å². The molecule has 0 bridgehead atoms. The van der Waals surface area contributed by atoms with E-state index in [4.69, 9.17) is 9.08 Å². The molecule has 0 saturated heterocycles. The van der Waals surface area contributed by atoms with Gasteiger partial charge in [0.1, 0.15) is 6.35 Å². The second-order valence-corrected chi connectivity index (χ2v) is 6.70. The van der Waals surface area contributed by atoms with E-state index in [0.29, 0.717) is 0 Å². The van der Waals surface area contributed by atoms with Crippen LogP contribution in [0.4, 0.5) is 0 Å². The molecular formula is C5H13O6PS. The van der Waals surface area contributed by atoms with Gasteiger partial charge in [0.05, 0.1) is 6.61 Å². The van der Waals surface area contributed by atoms with Crippen molar-refractivity contribution in [2.75, 3.05) is 25.6 Å². The van der Waals surface area contributed by atoms with Gasteiger partial charge in [-0.15, -0.1) is 0 Å². The summed E-state index contributed by atoms with van der Waals surface area (Å²) in [6.45, 7) is 1.68. The molecule has 0 aromatic rings. The van der Waals surface area contributed by atoms with Gasteiger partial charge in [0.25, 0.3) is 10.1 Å². The monoisotopic (exact) mass is 232 g/mol. The van der Waals surface area contributed by atoms with Crippen molar-refractivity contribution in [3.05, 3.63) is 0 Å². The first kappa shape index (κ1) is 13.1. The molecule has 8 heteroatoms. The van der Waals surface area contributed by atoms with E-state index < -0.39 is 23.0 Å². The highest BCUT2D eigenvalue weighted by atomic mass is 32.2. The molecule has 0 aromatic carbocycles. The van der Waals surface area contributed by atoms with E-state index in [1.807, 2.05) is 0 Å². The van der Waals surface area contributed by atoms with Gasteiger partial charge in [0.2, 0.25) is 7.37 Å². The lowest BCUT2D eigenvalue weighted by atomic mass is 10.9. The molecule has 0 fully saturated rings. The maximum absolute atomic E-state index is 11.5. The second-order valence-electron chi connectivity index (χ2n) is 2.36. The summed E-state index contributed by atoms with van der Waals surface area (Å²) in [6, 6.07) is 0. The summed E-state index contributed by atoms with van der Waals surface area (Å²) in [6.07, 6.45) is -0.319. The summed E-state index contributed by atoms with van der Waals surface area (Å²) in [4.78, 5) is 0. The van der Waals surface area contributed by atoms with E-state index in [-0.39, 0.29) is 13.0 Å². The molecular weight excluding hydrogens is 219 g/mol. The zero-order valence-electron chi connectivity index (χ0n) is 7.47. The number of ether oxygens (including phenoxy) is 1. The molecule has 0 amide bonds. The molecule has 0 radical (unpaired) electrons. The van der Waals surface area contributed by atoms with E-state index in [1.165, 1.54) is 7.11 Å². The third kappa shape index (κ3) is 6.17. The third-order valence-electron chi connectivity index (χ3n) is 1.05. The minimum absolute atomic E-state index is 0.107. The van der Waals surface area contributed by atoms with Crippen LogP contribution in [0.1, 0.15) is 6.92 Å². The highest BCUT2D eigenvalue weighted by Gasteiger charge is 2.29. The van der Waals surface area contributed by atoms with Gasteiger partial charge in [0, 0.05) is 7.11 Å². The van der Waals surface area contributed by atoms with Crippen LogP contribution in [0.15, 0.2) is 0 Å². The normalized spacial score (nSPS) is 16.8. The average Bonchev–Trinajstić information content (AvgIpc) is 1.82. The number of hydrogen-bond acceptors (Lipinski definition) is 5. The summed E-state index contributed by atoms with van der Waals surface area (Å²) < 4.78 is 50.2. The summed E-state index contributed by atoms with van der Waals surface area (Å²) >= 11 is 0. The Morgan fingerprint density at radius 2 is 2.00 bits per heavy atom. The van der Waals surface area contributed by atoms with Gasteiger partial charge < -0.3 is 9.26 Å². The number of methoxy groups -OCH3 is 1. The third-order valence-corrected chi connectivity index (χ3v) is 5.31. The maximum Gasteiger partial charge on any atom is 0.274 e. The summed E-state index contributed by atoms with van der Waals surface area (Å²) in [5.41, 5.74) is -0.901.